The van der Waals surface area contributed by atoms with Crippen LogP contribution in [0.4, 0.5) is 0 Å². The summed E-state index contributed by atoms with van der Waals surface area (Å²) in [4.78, 5) is 22.3. The minimum atomic E-state index is -0.632. The van der Waals surface area contributed by atoms with Crippen molar-refractivity contribution >= 4 is 11.9 Å². The van der Waals surface area contributed by atoms with E-state index < -0.39 is 11.9 Å². The molecule has 0 rings (SSSR count). The third-order valence-corrected chi connectivity index (χ3v) is 1.77. The molecular weight excluding hydrogens is 264 g/mol. The van der Waals surface area contributed by atoms with Crippen LogP contribution >= 0.6 is 0 Å². The Morgan fingerprint density at radius 1 is 0.750 bits per heavy atom. The lowest BCUT2D eigenvalue weighted by atomic mass is 10.5. The molecule has 0 aliphatic rings. The molecule has 0 spiro atoms. The number of hydrogen-bond donors (Lipinski definition) is 0. The van der Waals surface area contributed by atoms with Crippen molar-refractivity contribution < 1.29 is 28.5 Å². The predicted octanol–water partition coefficient (Wildman–Crippen LogP) is 1.03. The van der Waals surface area contributed by atoms with Crippen LogP contribution in [-0.2, 0) is 28.5 Å². The first-order valence-corrected chi connectivity index (χ1v) is 6.09. The molecule has 0 saturated heterocycles. The van der Waals surface area contributed by atoms with Gasteiger partial charge in [0.05, 0.1) is 26.4 Å². The summed E-state index contributed by atoms with van der Waals surface area (Å²) >= 11 is 0. The highest BCUT2D eigenvalue weighted by Crippen LogP contribution is 1.87. The fraction of sp³-hybridized carbons (Fsp3) is 0.429. The second kappa shape index (κ2) is 13.5. The Morgan fingerprint density at radius 2 is 1.15 bits per heavy atom. The number of hydrogen-bond acceptors (Lipinski definition) is 6. The first-order chi connectivity index (χ1) is 9.70. The maximum atomic E-state index is 11.2. The largest absolute Gasteiger partial charge is 0.460 e. The van der Waals surface area contributed by atoms with E-state index in [1.165, 1.54) is 0 Å². The highest BCUT2D eigenvalue weighted by atomic mass is 16.6. The van der Waals surface area contributed by atoms with Crippen LogP contribution in [0.5, 0.6) is 0 Å². The van der Waals surface area contributed by atoms with Crippen LogP contribution in [0, 0.1) is 0 Å². The van der Waals surface area contributed by atoms with E-state index in [2.05, 4.69) is 13.2 Å². The van der Waals surface area contributed by atoms with Crippen molar-refractivity contribution in [3.05, 3.63) is 37.5 Å². The van der Waals surface area contributed by atoms with Crippen LogP contribution in [0.1, 0.15) is 0 Å². The maximum absolute atomic E-state index is 11.2. The standard InChI is InChI=1S/C14H20O6/c1-3-7-17-9-11-19-13(15)5-6-14(16)20-12-10-18-8-4-2/h3-6H,1-2,7-12H2/b6-5-. The van der Waals surface area contributed by atoms with E-state index in [0.717, 1.165) is 12.2 Å². The van der Waals surface area contributed by atoms with Gasteiger partial charge >= 0.3 is 11.9 Å². The topological polar surface area (TPSA) is 71.1 Å². The molecule has 6 nitrogen and oxygen atoms in total. The van der Waals surface area contributed by atoms with Crippen LogP contribution in [0.15, 0.2) is 37.5 Å². The van der Waals surface area contributed by atoms with Crippen LogP contribution in [0.25, 0.3) is 0 Å². The van der Waals surface area contributed by atoms with Crippen molar-refractivity contribution in [1.82, 2.24) is 0 Å². The first kappa shape index (κ1) is 18.1. The lowest BCUT2D eigenvalue weighted by molar-refractivity contribution is -0.141. The van der Waals surface area contributed by atoms with E-state index in [4.69, 9.17) is 18.9 Å². The minimum Gasteiger partial charge on any atom is -0.460 e. The van der Waals surface area contributed by atoms with E-state index in [9.17, 15) is 9.59 Å². The van der Waals surface area contributed by atoms with Gasteiger partial charge in [-0.1, -0.05) is 12.2 Å². The number of rotatable bonds is 12. The Kier molecular flexibility index (Phi) is 12.2. The van der Waals surface area contributed by atoms with E-state index in [0.29, 0.717) is 13.2 Å². The van der Waals surface area contributed by atoms with Gasteiger partial charge in [0, 0.05) is 12.2 Å². The summed E-state index contributed by atoms with van der Waals surface area (Å²) in [6.07, 6.45) is 5.19. The lowest BCUT2D eigenvalue weighted by Gasteiger charge is -2.02. The molecule has 0 aromatic carbocycles. The molecule has 0 fully saturated rings. The van der Waals surface area contributed by atoms with E-state index >= 15 is 0 Å². The molecule has 0 N–H and O–H groups in total. The first-order valence-electron chi connectivity index (χ1n) is 6.09. The van der Waals surface area contributed by atoms with Gasteiger partial charge in [-0.25, -0.2) is 9.59 Å². The van der Waals surface area contributed by atoms with Crippen molar-refractivity contribution in [2.45, 2.75) is 0 Å². The van der Waals surface area contributed by atoms with Gasteiger partial charge in [0.15, 0.2) is 0 Å². The zero-order chi connectivity index (χ0) is 15.1. The van der Waals surface area contributed by atoms with Gasteiger partial charge in [-0.05, 0) is 0 Å². The molecule has 20 heavy (non-hydrogen) atoms. The van der Waals surface area contributed by atoms with Gasteiger partial charge in [0.1, 0.15) is 13.2 Å². The maximum Gasteiger partial charge on any atom is 0.331 e. The summed E-state index contributed by atoms with van der Waals surface area (Å²) in [5.74, 6) is -1.26. The zero-order valence-corrected chi connectivity index (χ0v) is 11.4. The highest BCUT2D eigenvalue weighted by molar-refractivity contribution is 5.91. The normalized spacial score (nSPS) is 10.2. The molecule has 0 aromatic rings. The number of carbonyl (C=O) groups is 2. The van der Waals surface area contributed by atoms with Crippen molar-refractivity contribution in [2.24, 2.45) is 0 Å². The zero-order valence-electron chi connectivity index (χ0n) is 11.4. The van der Waals surface area contributed by atoms with Gasteiger partial charge in [-0.2, -0.15) is 0 Å². The molecule has 0 atom stereocenters. The van der Waals surface area contributed by atoms with Crippen LogP contribution in [0.2, 0.25) is 0 Å². The van der Waals surface area contributed by atoms with Gasteiger partial charge < -0.3 is 18.9 Å². The van der Waals surface area contributed by atoms with Crippen LogP contribution in [-0.4, -0.2) is 51.6 Å². The van der Waals surface area contributed by atoms with Gasteiger partial charge in [-0.15, -0.1) is 13.2 Å². The summed E-state index contributed by atoms with van der Waals surface area (Å²) in [7, 11) is 0. The van der Waals surface area contributed by atoms with Gasteiger partial charge in [-0.3, -0.25) is 0 Å². The Bertz CT molecular complexity index is 303. The summed E-state index contributed by atoms with van der Waals surface area (Å²) in [6.45, 7) is 8.52. The van der Waals surface area contributed by atoms with E-state index in [1.54, 1.807) is 12.2 Å². The average Bonchev–Trinajstić information content (AvgIpc) is 2.44. The van der Waals surface area contributed by atoms with E-state index in [-0.39, 0.29) is 26.4 Å². The van der Waals surface area contributed by atoms with Crippen molar-refractivity contribution in [2.75, 3.05) is 39.6 Å². The monoisotopic (exact) mass is 284 g/mol. The van der Waals surface area contributed by atoms with Gasteiger partial charge in [0.25, 0.3) is 0 Å². The summed E-state index contributed by atoms with van der Waals surface area (Å²) in [5.41, 5.74) is 0. The molecule has 0 aliphatic heterocycles. The molecular formula is C14H20O6. The third-order valence-electron chi connectivity index (χ3n) is 1.77. The van der Waals surface area contributed by atoms with Crippen LogP contribution < -0.4 is 0 Å². The fourth-order valence-corrected chi connectivity index (χ4v) is 0.968. The van der Waals surface area contributed by atoms with Gasteiger partial charge in [0.2, 0.25) is 0 Å². The SMILES string of the molecule is C=CCOCCOC(=O)/C=C\C(=O)OCCOCC=C. The fourth-order valence-electron chi connectivity index (χ4n) is 0.968. The molecule has 0 unspecified atom stereocenters. The average molecular weight is 284 g/mol. The molecule has 0 amide bonds. The molecule has 0 heterocycles. The Labute approximate surface area is 118 Å². The molecule has 0 aromatic heterocycles. The summed E-state index contributed by atoms with van der Waals surface area (Å²) < 4.78 is 19.6. The second-order valence-electron chi connectivity index (χ2n) is 3.40. The number of esters is 2. The molecule has 112 valence electrons. The van der Waals surface area contributed by atoms with Crippen molar-refractivity contribution in [1.29, 1.82) is 0 Å². The highest BCUT2D eigenvalue weighted by Gasteiger charge is 2.00. The molecule has 0 bridgehead atoms. The third kappa shape index (κ3) is 12.5. The van der Waals surface area contributed by atoms with E-state index in [1.807, 2.05) is 0 Å². The minimum absolute atomic E-state index is 0.113. The lowest BCUT2D eigenvalue weighted by Crippen LogP contribution is -2.11. The molecule has 6 heteroatoms. The quantitative estimate of drug-likeness (QED) is 0.231. The summed E-state index contributed by atoms with van der Waals surface area (Å²) in [5, 5.41) is 0. The Morgan fingerprint density at radius 3 is 1.50 bits per heavy atom. The van der Waals surface area contributed by atoms with Crippen molar-refractivity contribution in [3.8, 4) is 0 Å². The molecule has 0 aliphatic carbocycles. The second-order valence-corrected chi connectivity index (χ2v) is 3.40. The Balaban J connectivity index is 3.59. The molecule has 0 radical (unpaired) electrons. The number of ether oxygens (including phenoxy) is 4. The number of carbonyl (C=O) groups excluding carboxylic acids is 2. The smallest absolute Gasteiger partial charge is 0.331 e. The summed E-state index contributed by atoms with van der Waals surface area (Å²) in [6, 6.07) is 0. The van der Waals surface area contributed by atoms with Crippen LogP contribution in [0.3, 0.4) is 0 Å². The Hall–Kier alpha value is -1.92. The molecule has 0 saturated carbocycles. The predicted molar refractivity (Wildman–Crippen MR) is 73.1 cm³/mol. The van der Waals surface area contributed by atoms with Crippen molar-refractivity contribution in [3.63, 3.8) is 0 Å².